The van der Waals surface area contributed by atoms with E-state index in [0.717, 1.165) is 6.42 Å². The zero-order valence-corrected chi connectivity index (χ0v) is 10.9. The first-order valence-corrected chi connectivity index (χ1v) is 6.39. The van der Waals surface area contributed by atoms with E-state index in [2.05, 4.69) is 0 Å². The van der Waals surface area contributed by atoms with Crippen LogP contribution in [0.4, 0.5) is 5.69 Å². The summed E-state index contributed by atoms with van der Waals surface area (Å²) in [5.41, 5.74) is -0.0802. The van der Waals surface area contributed by atoms with E-state index in [1.54, 1.807) is 11.0 Å². The fourth-order valence-corrected chi connectivity index (χ4v) is 2.10. The normalized spacial score (nSPS) is 18.6. The second-order valence-corrected chi connectivity index (χ2v) is 4.68. The van der Waals surface area contributed by atoms with Gasteiger partial charge in [-0.1, -0.05) is 6.07 Å². The van der Waals surface area contributed by atoms with Crippen LogP contribution in [0.2, 0.25) is 0 Å². The maximum Gasteiger partial charge on any atom is 0.273 e. The van der Waals surface area contributed by atoms with Crippen molar-refractivity contribution in [2.75, 3.05) is 19.7 Å². The second kappa shape index (κ2) is 6.33. The van der Waals surface area contributed by atoms with Crippen LogP contribution in [0.3, 0.4) is 0 Å². The second-order valence-electron chi connectivity index (χ2n) is 4.68. The molecule has 20 heavy (non-hydrogen) atoms. The summed E-state index contributed by atoms with van der Waals surface area (Å²) in [4.78, 5) is 23.5. The van der Waals surface area contributed by atoms with Crippen molar-refractivity contribution in [1.82, 2.24) is 4.90 Å². The molecule has 108 valence electrons. The Kier molecular flexibility index (Phi) is 4.52. The lowest BCUT2D eigenvalue weighted by Crippen LogP contribution is -2.44. The van der Waals surface area contributed by atoms with Crippen LogP contribution in [0.15, 0.2) is 24.3 Å². The molecule has 1 aliphatic heterocycles. The average Bonchev–Trinajstić information content (AvgIpc) is 2.45. The van der Waals surface area contributed by atoms with E-state index in [1.165, 1.54) is 18.2 Å². The van der Waals surface area contributed by atoms with E-state index in [9.17, 15) is 20.0 Å². The minimum atomic E-state index is -0.518. The number of benzene rings is 1. The van der Waals surface area contributed by atoms with E-state index in [4.69, 9.17) is 4.74 Å². The van der Waals surface area contributed by atoms with Crippen LogP contribution in [-0.4, -0.2) is 46.6 Å². The van der Waals surface area contributed by atoms with E-state index in [-0.39, 0.29) is 24.0 Å². The van der Waals surface area contributed by atoms with E-state index < -0.39 is 11.0 Å². The number of rotatable bonds is 4. The Morgan fingerprint density at radius 3 is 3.05 bits per heavy atom. The fraction of sp³-hybridized carbons (Fsp3) is 0.462. The summed E-state index contributed by atoms with van der Waals surface area (Å²) in [5.74, 6) is 0.0559. The minimum absolute atomic E-state index is 0.0802. The first kappa shape index (κ1) is 14.3. The first-order chi connectivity index (χ1) is 9.56. The van der Waals surface area contributed by atoms with Crippen molar-refractivity contribution < 1.29 is 19.6 Å². The molecule has 2 rings (SSSR count). The molecular weight excluding hydrogens is 264 g/mol. The number of non-ortho nitro benzene ring substituents is 1. The van der Waals surface area contributed by atoms with Crippen molar-refractivity contribution >= 4 is 11.6 Å². The van der Waals surface area contributed by atoms with Crippen LogP contribution in [0.5, 0.6) is 5.75 Å². The largest absolute Gasteiger partial charge is 0.484 e. The molecule has 0 radical (unpaired) electrons. The van der Waals surface area contributed by atoms with Crippen LogP contribution in [0, 0.1) is 10.1 Å². The predicted octanol–water partition coefficient (Wildman–Crippen LogP) is 0.957. The van der Waals surface area contributed by atoms with Gasteiger partial charge in [0, 0.05) is 19.2 Å². The molecule has 0 spiro atoms. The standard InChI is InChI=1S/C13H16N2O5/c16-11-4-2-6-14(8-11)13(17)9-20-12-5-1-3-10(7-12)15(18)19/h1,3,5,7,11,16H,2,4,6,8-9H2. The van der Waals surface area contributed by atoms with Gasteiger partial charge in [-0.3, -0.25) is 14.9 Å². The number of hydrogen-bond donors (Lipinski definition) is 1. The summed E-state index contributed by atoms with van der Waals surface area (Å²) in [6, 6.07) is 5.70. The van der Waals surface area contributed by atoms with Crippen LogP contribution in [0.1, 0.15) is 12.8 Å². The van der Waals surface area contributed by atoms with Gasteiger partial charge < -0.3 is 14.7 Å². The third-order valence-electron chi connectivity index (χ3n) is 3.14. The number of carbonyl (C=O) groups is 1. The SMILES string of the molecule is O=C(COc1cccc([N+](=O)[O-])c1)N1CCCC(O)C1. The average molecular weight is 280 g/mol. The molecular formula is C13H16N2O5. The third kappa shape index (κ3) is 3.67. The highest BCUT2D eigenvalue weighted by molar-refractivity contribution is 5.77. The van der Waals surface area contributed by atoms with E-state index in [1.807, 2.05) is 0 Å². The number of hydrogen-bond acceptors (Lipinski definition) is 5. The molecule has 1 aliphatic rings. The number of nitro groups is 1. The Morgan fingerprint density at radius 1 is 1.55 bits per heavy atom. The maximum atomic E-state index is 11.9. The lowest BCUT2D eigenvalue weighted by molar-refractivity contribution is -0.384. The number of aliphatic hydroxyl groups excluding tert-OH is 1. The zero-order valence-electron chi connectivity index (χ0n) is 10.9. The lowest BCUT2D eigenvalue weighted by Gasteiger charge is -2.29. The molecule has 1 saturated heterocycles. The van der Waals surface area contributed by atoms with Gasteiger partial charge in [-0.25, -0.2) is 0 Å². The molecule has 7 heteroatoms. The first-order valence-electron chi connectivity index (χ1n) is 6.39. The molecule has 7 nitrogen and oxygen atoms in total. The minimum Gasteiger partial charge on any atom is -0.484 e. The Morgan fingerprint density at radius 2 is 2.35 bits per heavy atom. The Bertz CT molecular complexity index is 505. The van der Waals surface area contributed by atoms with Gasteiger partial charge in [-0.05, 0) is 18.9 Å². The van der Waals surface area contributed by atoms with Gasteiger partial charge in [-0.2, -0.15) is 0 Å². The van der Waals surface area contributed by atoms with Crippen molar-refractivity contribution in [3.63, 3.8) is 0 Å². The van der Waals surface area contributed by atoms with Gasteiger partial charge >= 0.3 is 0 Å². The monoisotopic (exact) mass is 280 g/mol. The molecule has 1 amide bonds. The van der Waals surface area contributed by atoms with Crippen LogP contribution >= 0.6 is 0 Å². The van der Waals surface area contributed by atoms with E-state index >= 15 is 0 Å². The van der Waals surface area contributed by atoms with Gasteiger partial charge in [0.25, 0.3) is 11.6 Å². The van der Waals surface area contributed by atoms with Crippen molar-refractivity contribution in [2.45, 2.75) is 18.9 Å². The molecule has 1 fully saturated rings. The molecule has 0 aliphatic carbocycles. The molecule has 1 unspecified atom stereocenters. The Balaban J connectivity index is 1.89. The highest BCUT2D eigenvalue weighted by Gasteiger charge is 2.22. The smallest absolute Gasteiger partial charge is 0.273 e. The maximum absolute atomic E-state index is 11.9. The molecule has 0 aromatic heterocycles. The van der Waals surface area contributed by atoms with Gasteiger partial charge in [0.15, 0.2) is 6.61 Å². The van der Waals surface area contributed by atoms with Gasteiger partial charge in [0.05, 0.1) is 17.1 Å². The third-order valence-corrected chi connectivity index (χ3v) is 3.14. The fourth-order valence-electron chi connectivity index (χ4n) is 2.10. The number of likely N-dealkylation sites (tertiary alicyclic amines) is 1. The van der Waals surface area contributed by atoms with Crippen molar-refractivity contribution in [1.29, 1.82) is 0 Å². The highest BCUT2D eigenvalue weighted by Crippen LogP contribution is 2.19. The molecule has 1 aromatic rings. The molecule has 1 aromatic carbocycles. The predicted molar refractivity (Wildman–Crippen MR) is 70.4 cm³/mol. The topological polar surface area (TPSA) is 92.9 Å². The number of piperidine rings is 1. The summed E-state index contributed by atoms with van der Waals surface area (Å²) in [7, 11) is 0. The molecule has 1 heterocycles. The number of nitrogens with zero attached hydrogens (tertiary/aromatic N) is 2. The van der Waals surface area contributed by atoms with Crippen molar-refractivity contribution in [2.24, 2.45) is 0 Å². The Hall–Kier alpha value is -2.15. The van der Waals surface area contributed by atoms with Crippen LogP contribution < -0.4 is 4.74 Å². The lowest BCUT2D eigenvalue weighted by atomic mass is 10.1. The summed E-state index contributed by atoms with van der Waals surface area (Å²) in [6.45, 7) is 0.735. The molecule has 1 atom stereocenters. The summed E-state index contributed by atoms with van der Waals surface area (Å²) in [6.07, 6.45) is 0.990. The molecule has 1 N–H and O–H groups in total. The number of β-amino-alcohol motifs (C(OH)–C–C–N with tert-alkyl or cyclic N) is 1. The summed E-state index contributed by atoms with van der Waals surface area (Å²) in [5, 5.41) is 20.1. The number of amides is 1. The van der Waals surface area contributed by atoms with E-state index in [0.29, 0.717) is 19.5 Å². The number of nitro benzene ring substituents is 1. The molecule has 0 saturated carbocycles. The zero-order chi connectivity index (χ0) is 14.5. The van der Waals surface area contributed by atoms with Gasteiger partial charge in [-0.15, -0.1) is 0 Å². The number of aliphatic hydroxyl groups is 1. The van der Waals surface area contributed by atoms with Crippen LogP contribution in [-0.2, 0) is 4.79 Å². The highest BCUT2D eigenvalue weighted by atomic mass is 16.6. The van der Waals surface area contributed by atoms with Crippen molar-refractivity contribution in [3.8, 4) is 5.75 Å². The van der Waals surface area contributed by atoms with Crippen molar-refractivity contribution in [3.05, 3.63) is 34.4 Å². The number of ether oxygens (including phenoxy) is 1. The van der Waals surface area contributed by atoms with Gasteiger partial charge in [0.1, 0.15) is 5.75 Å². The van der Waals surface area contributed by atoms with Gasteiger partial charge in [0.2, 0.25) is 0 Å². The number of carbonyl (C=O) groups excluding carboxylic acids is 1. The Labute approximate surface area is 115 Å². The summed E-state index contributed by atoms with van der Waals surface area (Å²) < 4.78 is 5.27. The summed E-state index contributed by atoms with van der Waals surface area (Å²) >= 11 is 0. The van der Waals surface area contributed by atoms with Crippen LogP contribution in [0.25, 0.3) is 0 Å². The quantitative estimate of drug-likeness (QED) is 0.655. The molecule has 0 bridgehead atoms.